The SMILES string of the molecule is O=C(CN1CSCC1=O)NCc1cn2ccsc2n1. The molecule has 0 spiro atoms. The van der Waals surface area contributed by atoms with E-state index in [9.17, 15) is 9.59 Å². The fourth-order valence-electron chi connectivity index (χ4n) is 1.82. The number of aromatic nitrogens is 2. The normalized spacial score (nSPS) is 15.4. The topological polar surface area (TPSA) is 66.7 Å². The zero-order valence-corrected chi connectivity index (χ0v) is 11.7. The Bertz CT molecular complexity index is 593. The molecule has 100 valence electrons. The van der Waals surface area contributed by atoms with E-state index in [-0.39, 0.29) is 18.4 Å². The van der Waals surface area contributed by atoms with Crippen LogP contribution in [0.2, 0.25) is 0 Å². The van der Waals surface area contributed by atoms with Crippen molar-refractivity contribution in [2.75, 3.05) is 18.2 Å². The zero-order valence-electron chi connectivity index (χ0n) is 10.0. The highest BCUT2D eigenvalue weighted by Gasteiger charge is 2.22. The number of amides is 2. The molecule has 2 aromatic heterocycles. The molecule has 0 atom stereocenters. The highest BCUT2D eigenvalue weighted by molar-refractivity contribution is 8.00. The van der Waals surface area contributed by atoms with Crippen molar-refractivity contribution in [3.8, 4) is 0 Å². The molecule has 1 N–H and O–H groups in total. The predicted molar refractivity (Wildman–Crippen MR) is 74.0 cm³/mol. The minimum atomic E-state index is -0.146. The Kier molecular flexibility index (Phi) is 3.43. The highest BCUT2D eigenvalue weighted by Crippen LogP contribution is 2.14. The van der Waals surface area contributed by atoms with Crippen molar-refractivity contribution in [3.63, 3.8) is 0 Å². The lowest BCUT2D eigenvalue weighted by Crippen LogP contribution is -2.37. The summed E-state index contributed by atoms with van der Waals surface area (Å²) in [6.45, 7) is 0.524. The Morgan fingerprint density at radius 1 is 1.53 bits per heavy atom. The summed E-state index contributed by atoms with van der Waals surface area (Å²) in [7, 11) is 0. The molecule has 0 aliphatic carbocycles. The van der Waals surface area contributed by atoms with Crippen LogP contribution in [-0.2, 0) is 16.1 Å². The van der Waals surface area contributed by atoms with Gasteiger partial charge in [0.2, 0.25) is 11.8 Å². The first-order valence-corrected chi connectivity index (χ1v) is 7.79. The Morgan fingerprint density at radius 3 is 3.16 bits per heavy atom. The summed E-state index contributed by atoms with van der Waals surface area (Å²) in [6, 6.07) is 0. The summed E-state index contributed by atoms with van der Waals surface area (Å²) in [5.74, 6) is 0.965. The van der Waals surface area contributed by atoms with Crippen LogP contribution < -0.4 is 5.32 Å². The monoisotopic (exact) mass is 296 g/mol. The van der Waals surface area contributed by atoms with Gasteiger partial charge >= 0.3 is 0 Å². The third kappa shape index (κ3) is 2.74. The number of hydrogen-bond donors (Lipinski definition) is 1. The number of imidazole rings is 1. The minimum absolute atomic E-state index is 0.0302. The molecule has 2 aromatic rings. The van der Waals surface area contributed by atoms with E-state index < -0.39 is 0 Å². The first-order chi connectivity index (χ1) is 9.22. The van der Waals surface area contributed by atoms with Gasteiger partial charge < -0.3 is 10.2 Å². The maximum absolute atomic E-state index is 11.7. The Hall–Kier alpha value is -1.54. The van der Waals surface area contributed by atoms with Gasteiger partial charge in [0, 0.05) is 17.8 Å². The van der Waals surface area contributed by atoms with E-state index >= 15 is 0 Å². The molecule has 1 fully saturated rings. The molecule has 0 bridgehead atoms. The lowest BCUT2D eigenvalue weighted by atomic mass is 10.4. The van der Waals surface area contributed by atoms with Crippen LogP contribution in [0.4, 0.5) is 0 Å². The number of nitrogens with one attached hydrogen (secondary N) is 1. The molecule has 0 aromatic carbocycles. The van der Waals surface area contributed by atoms with E-state index in [1.54, 1.807) is 16.2 Å². The van der Waals surface area contributed by atoms with E-state index in [4.69, 9.17) is 0 Å². The molecule has 19 heavy (non-hydrogen) atoms. The quantitative estimate of drug-likeness (QED) is 0.894. The molecular formula is C11H12N4O2S2. The van der Waals surface area contributed by atoms with E-state index in [0.29, 0.717) is 18.2 Å². The molecule has 2 amide bonds. The van der Waals surface area contributed by atoms with Crippen LogP contribution in [-0.4, -0.2) is 44.3 Å². The third-order valence-corrected chi connectivity index (χ3v) is 4.49. The van der Waals surface area contributed by atoms with Crippen LogP contribution in [0.15, 0.2) is 17.8 Å². The Balaban J connectivity index is 1.52. The summed E-state index contributed by atoms with van der Waals surface area (Å²) in [5.41, 5.74) is 0.822. The van der Waals surface area contributed by atoms with Crippen LogP contribution in [0.25, 0.3) is 4.96 Å². The lowest BCUT2D eigenvalue weighted by molar-refractivity contribution is -0.132. The van der Waals surface area contributed by atoms with Crippen molar-refractivity contribution in [3.05, 3.63) is 23.5 Å². The molecular weight excluding hydrogens is 284 g/mol. The van der Waals surface area contributed by atoms with E-state index in [1.807, 2.05) is 22.2 Å². The average Bonchev–Trinajstić information content (AvgIpc) is 3.03. The number of thioether (sulfide) groups is 1. The summed E-state index contributed by atoms with van der Waals surface area (Å²) >= 11 is 3.09. The van der Waals surface area contributed by atoms with Crippen LogP contribution in [0, 0.1) is 0 Å². The molecule has 1 aliphatic rings. The molecule has 3 rings (SSSR count). The summed E-state index contributed by atoms with van der Waals surface area (Å²) in [4.78, 5) is 29.9. The minimum Gasteiger partial charge on any atom is -0.349 e. The Morgan fingerprint density at radius 2 is 2.42 bits per heavy atom. The van der Waals surface area contributed by atoms with Gasteiger partial charge in [0.25, 0.3) is 0 Å². The summed E-state index contributed by atoms with van der Waals surface area (Å²) in [6.07, 6.45) is 3.82. The first-order valence-electron chi connectivity index (χ1n) is 5.75. The van der Waals surface area contributed by atoms with Crippen LogP contribution in [0.3, 0.4) is 0 Å². The second kappa shape index (κ2) is 5.22. The maximum atomic E-state index is 11.7. The van der Waals surface area contributed by atoms with E-state index in [0.717, 1.165) is 10.7 Å². The second-order valence-corrected chi connectivity index (χ2v) is 6.00. The van der Waals surface area contributed by atoms with Crippen molar-refractivity contribution in [1.29, 1.82) is 0 Å². The van der Waals surface area contributed by atoms with Gasteiger partial charge in [-0.05, 0) is 0 Å². The number of nitrogens with zero attached hydrogens (tertiary/aromatic N) is 3. The van der Waals surface area contributed by atoms with Crippen molar-refractivity contribution < 1.29 is 9.59 Å². The molecule has 6 nitrogen and oxygen atoms in total. The Labute approximate surface area is 117 Å². The van der Waals surface area contributed by atoms with Gasteiger partial charge in [-0.15, -0.1) is 23.1 Å². The van der Waals surface area contributed by atoms with Crippen molar-refractivity contribution in [1.82, 2.24) is 19.6 Å². The maximum Gasteiger partial charge on any atom is 0.239 e. The van der Waals surface area contributed by atoms with Crippen LogP contribution in [0.1, 0.15) is 5.69 Å². The van der Waals surface area contributed by atoms with Gasteiger partial charge in [0.1, 0.15) is 6.54 Å². The van der Waals surface area contributed by atoms with Gasteiger partial charge in [0.05, 0.1) is 23.9 Å². The van der Waals surface area contributed by atoms with Crippen LogP contribution in [0.5, 0.6) is 0 Å². The number of thiazole rings is 1. The summed E-state index contributed by atoms with van der Waals surface area (Å²) in [5, 5.41) is 4.74. The fourth-order valence-corrected chi connectivity index (χ4v) is 3.44. The first kappa shape index (κ1) is 12.5. The van der Waals surface area contributed by atoms with E-state index in [1.165, 1.54) is 11.8 Å². The van der Waals surface area contributed by atoms with Gasteiger partial charge in [-0.2, -0.15) is 0 Å². The molecule has 8 heteroatoms. The van der Waals surface area contributed by atoms with Crippen molar-refractivity contribution in [2.24, 2.45) is 0 Å². The smallest absolute Gasteiger partial charge is 0.239 e. The predicted octanol–water partition coefficient (Wildman–Crippen LogP) is 0.545. The second-order valence-electron chi connectivity index (χ2n) is 4.17. The molecule has 0 unspecified atom stereocenters. The zero-order chi connectivity index (χ0) is 13.2. The van der Waals surface area contributed by atoms with Gasteiger partial charge in [-0.1, -0.05) is 0 Å². The number of fused-ring (bicyclic) bond motifs is 1. The molecule has 3 heterocycles. The summed E-state index contributed by atoms with van der Waals surface area (Å²) < 4.78 is 1.92. The van der Waals surface area contributed by atoms with Crippen molar-refractivity contribution in [2.45, 2.75) is 6.54 Å². The molecule has 1 aliphatic heterocycles. The number of hydrogen-bond acceptors (Lipinski definition) is 5. The van der Waals surface area contributed by atoms with E-state index in [2.05, 4.69) is 10.3 Å². The van der Waals surface area contributed by atoms with Crippen LogP contribution >= 0.6 is 23.1 Å². The van der Waals surface area contributed by atoms with Gasteiger partial charge in [-0.3, -0.25) is 14.0 Å². The standard InChI is InChI=1S/C11H12N4O2S2/c16-9(5-15-7-18-6-10(15)17)12-3-8-4-14-1-2-19-11(14)13-8/h1-2,4H,3,5-7H2,(H,12,16). The largest absolute Gasteiger partial charge is 0.349 e. The van der Waals surface area contributed by atoms with Gasteiger partial charge in [-0.25, -0.2) is 4.98 Å². The lowest BCUT2D eigenvalue weighted by Gasteiger charge is -2.13. The van der Waals surface area contributed by atoms with Gasteiger partial charge in [0.15, 0.2) is 4.96 Å². The molecule has 0 radical (unpaired) electrons. The average molecular weight is 296 g/mol. The number of carbonyl (C=O) groups excluding carboxylic acids is 2. The third-order valence-electron chi connectivity index (χ3n) is 2.77. The number of rotatable bonds is 4. The number of carbonyl (C=O) groups is 2. The molecule has 1 saturated heterocycles. The van der Waals surface area contributed by atoms with Crippen molar-refractivity contribution >= 4 is 39.9 Å². The fraction of sp³-hybridized carbons (Fsp3) is 0.364. The molecule has 0 saturated carbocycles. The highest BCUT2D eigenvalue weighted by atomic mass is 32.2.